The highest BCUT2D eigenvalue weighted by Crippen LogP contribution is 2.29. The van der Waals surface area contributed by atoms with Crippen molar-refractivity contribution in [2.75, 3.05) is 39.5 Å². The molecule has 1 aliphatic rings. The molecule has 1 heterocycles. The molecule has 1 saturated heterocycles. The van der Waals surface area contributed by atoms with Crippen LogP contribution in [0.2, 0.25) is 0 Å². The number of hydrogen-bond donors (Lipinski definition) is 2. The van der Waals surface area contributed by atoms with Gasteiger partial charge in [0.05, 0.1) is 23.0 Å². The van der Waals surface area contributed by atoms with Crippen LogP contribution in [0.3, 0.4) is 0 Å². The van der Waals surface area contributed by atoms with Gasteiger partial charge >= 0.3 is 5.69 Å². The quantitative estimate of drug-likeness (QED) is 0.438. The van der Waals surface area contributed by atoms with Crippen LogP contribution in [0.4, 0.5) is 5.69 Å². The summed E-state index contributed by atoms with van der Waals surface area (Å²) in [5.41, 5.74) is -0.879. The molecular weight excluding hydrogens is 392 g/mol. The van der Waals surface area contributed by atoms with Crippen molar-refractivity contribution in [1.29, 1.82) is 0 Å². The molecule has 1 aliphatic heterocycles. The zero-order valence-corrected chi connectivity index (χ0v) is 16.5. The second-order valence-electron chi connectivity index (χ2n) is 6.91. The van der Waals surface area contributed by atoms with E-state index >= 15 is 0 Å². The third kappa shape index (κ3) is 5.86. The molecule has 0 spiro atoms. The van der Waals surface area contributed by atoms with Crippen LogP contribution in [0.5, 0.6) is 5.75 Å². The number of carbonyl (C=O) groups excluding carboxylic acids is 1. The number of carbonyl (C=O) groups is 1. The maximum Gasteiger partial charge on any atom is 0.312 e. The third-order valence-corrected chi connectivity index (χ3v) is 5.31. The lowest BCUT2D eigenvalue weighted by Gasteiger charge is -2.40. The number of morpholine rings is 1. The van der Waals surface area contributed by atoms with E-state index in [1.54, 1.807) is 0 Å². The number of nitrogens with one attached hydrogen (secondary N) is 1. The largest absolute Gasteiger partial charge is 0.477 e. The summed E-state index contributed by atoms with van der Waals surface area (Å²) in [6.45, 7) is 6.71. The summed E-state index contributed by atoms with van der Waals surface area (Å²) in [6, 6.07) is 2.98. The summed E-state index contributed by atoms with van der Waals surface area (Å²) in [5.74, 6) is -0.675. The molecule has 0 radical (unpaired) electrons. The van der Waals surface area contributed by atoms with Gasteiger partial charge in [0.2, 0.25) is 10.0 Å². The Bertz CT molecular complexity index is 835. The molecule has 28 heavy (non-hydrogen) atoms. The maximum absolute atomic E-state index is 12.1. The average molecular weight is 416 g/mol. The SMILES string of the molecule is CC(C)(CNC(=O)COc1ccc(S(N)(=O)=O)cc1[N+](=O)[O-])N1CCOCC1. The van der Waals surface area contributed by atoms with Gasteiger partial charge in [0.15, 0.2) is 12.4 Å². The lowest BCUT2D eigenvalue weighted by Crippen LogP contribution is -2.55. The van der Waals surface area contributed by atoms with Crippen molar-refractivity contribution in [3.63, 3.8) is 0 Å². The molecule has 2 rings (SSSR count). The van der Waals surface area contributed by atoms with Crippen molar-refractivity contribution in [3.05, 3.63) is 28.3 Å². The highest BCUT2D eigenvalue weighted by molar-refractivity contribution is 7.89. The first-order chi connectivity index (χ1) is 13.0. The summed E-state index contributed by atoms with van der Waals surface area (Å²) in [5, 5.41) is 18.9. The molecule has 0 unspecified atom stereocenters. The van der Waals surface area contributed by atoms with Crippen LogP contribution in [-0.4, -0.2) is 69.1 Å². The number of nitrogens with two attached hydrogens (primary N) is 1. The second-order valence-corrected chi connectivity index (χ2v) is 8.47. The summed E-state index contributed by atoms with van der Waals surface area (Å²) in [7, 11) is -4.10. The number of nitro groups is 1. The molecule has 1 aromatic carbocycles. The Labute approximate surface area is 163 Å². The average Bonchev–Trinajstić information content (AvgIpc) is 2.64. The second kappa shape index (κ2) is 8.82. The van der Waals surface area contributed by atoms with Gasteiger partial charge in [-0.1, -0.05) is 0 Å². The van der Waals surface area contributed by atoms with Crippen LogP contribution < -0.4 is 15.2 Å². The Morgan fingerprint density at radius 3 is 2.61 bits per heavy atom. The van der Waals surface area contributed by atoms with Gasteiger partial charge in [-0.05, 0) is 26.0 Å². The smallest absolute Gasteiger partial charge is 0.312 e. The summed E-state index contributed by atoms with van der Waals surface area (Å²) < 4.78 is 33.2. The predicted octanol–water partition coefficient (Wildman–Crippen LogP) is -0.152. The minimum absolute atomic E-state index is 0.222. The Morgan fingerprint density at radius 1 is 1.39 bits per heavy atom. The van der Waals surface area contributed by atoms with E-state index < -0.39 is 38.0 Å². The Balaban J connectivity index is 1.96. The molecule has 0 atom stereocenters. The Kier molecular flexibility index (Phi) is 6.93. The molecule has 0 aromatic heterocycles. The zero-order chi connectivity index (χ0) is 20.9. The first-order valence-corrected chi connectivity index (χ1v) is 10.1. The van der Waals surface area contributed by atoms with Gasteiger partial charge < -0.3 is 14.8 Å². The van der Waals surface area contributed by atoms with E-state index in [-0.39, 0.29) is 11.3 Å². The first kappa shape index (κ1) is 22.0. The van der Waals surface area contributed by atoms with Crippen LogP contribution in [0.15, 0.2) is 23.1 Å². The number of nitro benzene ring substituents is 1. The van der Waals surface area contributed by atoms with E-state index in [0.717, 1.165) is 31.3 Å². The fourth-order valence-electron chi connectivity index (χ4n) is 2.73. The third-order valence-electron chi connectivity index (χ3n) is 4.40. The molecule has 1 aromatic rings. The molecular formula is C16H24N4O7S. The van der Waals surface area contributed by atoms with E-state index in [4.69, 9.17) is 14.6 Å². The molecule has 156 valence electrons. The summed E-state index contributed by atoms with van der Waals surface area (Å²) in [4.78, 5) is 24.2. The van der Waals surface area contributed by atoms with Gasteiger partial charge in [0.25, 0.3) is 5.91 Å². The van der Waals surface area contributed by atoms with Crippen LogP contribution in [0.1, 0.15) is 13.8 Å². The van der Waals surface area contributed by atoms with E-state index in [0.29, 0.717) is 19.8 Å². The normalized spacial score (nSPS) is 15.8. The summed E-state index contributed by atoms with van der Waals surface area (Å²) in [6.07, 6.45) is 0. The lowest BCUT2D eigenvalue weighted by atomic mass is 10.0. The van der Waals surface area contributed by atoms with Crippen molar-refractivity contribution in [3.8, 4) is 5.75 Å². The van der Waals surface area contributed by atoms with Gasteiger partial charge in [-0.2, -0.15) is 0 Å². The monoisotopic (exact) mass is 416 g/mol. The van der Waals surface area contributed by atoms with E-state index in [1.165, 1.54) is 0 Å². The Morgan fingerprint density at radius 2 is 2.04 bits per heavy atom. The number of amides is 1. The van der Waals surface area contributed by atoms with Crippen molar-refractivity contribution >= 4 is 21.6 Å². The predicted molar refractivity (Wildman–Crippen MR) is 99.4 cm³/mol. The van der Waals surface area contributed by atoms with Crippen LogP contribution in [-0.2, 0) is 19.6 Å². The first-order valence-electron chi connectivity index (χ1n) is 8.54. The maximum atomic E-state index is 12.1. The highest BCUT2D eigenvalue weighted by atomic mass is 32.2. The molecule has 1 amide bonds. The van der Waals surface area contributed by atoms with Gasteiger partial charge in [0.1, 0.15) is 0 Å². The standard InChI is InChI=1S/C16H24N4O7S/c1-16(2,19-5-7-26-8-6-19)11-18-15(21)10-27-14-4-3-12(28(17,24)25)9-13(14)20(22)23/h3-4,9H,5-8,10-11H2,1-2H3,(H,18,21)(H2,17,24,25). The molecule has 1 fully saturated rings. The Hall–Kier alpha value is -2.28. The summed E-state index contributed by atoms with van der Waals surface area (Å²) >= 11 is 0. The number of benzene rings is 1. The van der Waals surface area contributed by atoms with E-state index in [2.05, 4.69) is 10.2 Å². The fraction of sp³-hybridized carbons (Fsp3) is 0.562. The zero-order valence-electron chi connectivity index (χ0n) is 15.7. The van der Waals surface area contributed by atoms with Gasteiger partial charge in [-0.3, -0.25) is 19.8 Å². The molecule has 0 bridgehead atoms. The number of rotatable bonds is 8. The van der Waals surface area contributed by atoms with E-state index in [1.807, 2.05) is 13.8 Å². The highest BCUT2D eigenvalue weighted by Gasteiger charge is 2.28. The molecule has 3 N–H and O–H groups in total. The number of nitrogens with zero attached hydrogens (tertiary/aromatic N) is 2. The van der Waals surface area contributed by atoms with Gasteiger partial charge in [-0.25, -0.2) is 13.6 Å². The number of hydrogen-bond acceptors (Lipinski definition) is 8. The lowest BCUT2D eigenvalue weighted by molar-refractivity contribution is -0.386. The molecule has 0 aliphatic carbocycles. The van der Waals surface area contributed by atoms with Gasteiger partial charge in [-0.15, -0.1) is 0 Å². The molecule has 12 heteroatoms. The fourth-order valence-corrected chi connectivity index (χ4v) is 3.26. The number of sulfonamides is 1. The molecule has 11 nitrogen and oxygen atoms in total. The number of primary sulfonamides is 1. The minimum atomic E-state index is -4.10. The van der Waals surface area contributed by atoms with Crippen molar-refractivity contribution < 1.29 is 27.6 Å². The van der Waals surface area contributed by atoms with Crippen LogP contribution in [0, 0.1) is 10.1 Å². The number of ether oxygens (including phenoxy) is 2. The van der Waals surface area contributed by atoms with Crippen molar-refractivity contribution in [1.82, 2.24) is 10.2 Å². The molecule has 0 saturated carbocycles. The van der Waals surface area contributed by atoms with Crippen LogP contribution >= 0.6 is 0 Å². The van der Waals surface area contributed by atoms with Gasteiger partial charge in [0, 0.05) is 31.2 Å². The van der Waals surface area contributed by atoms with Crippen molar-refractivity contribution in [2.45, 2.75) is 24.3 Å². The minimum Gasteiger partial charge on any atom is -0.477 e. The van der Waals surface area contributed by atoms with E-state index in [9.17, 15) is 23.3 Å². The van der Waals surface area contributed by atoms with Crippen LogP contribution in [0.25, 0.3) is 0 Å². The topological polar surface area (TPSA) is 154 Å². The van der Waals surface area contributed by atoms with Crippen molar-refractivity contribution in [2.24, 2.45) is 5.14 Å².